The minimum atomic E-state index is 0.648. The molecule has 1 N–H and O–H groups in total. The molecule has 4 heteroatoms. The maximum Gasteiger partial charge on any atom is 0.147 e. The Kier molecular flexibility index (Phi) is 5.46. The number of nitrogens with one attached hydrogen (secondary N) is 1. The molecule has 0 radical (unpaired) electrons. The fraction of sp³-hybridized carbons (Fsp3) is 0.833. The van der Waals surface area contributed by atoms with Crippen LogP contribution in [0.25, 0.3) is 0 Å². The summed E-state index contributed by atoms with van der Waals surface area (Å²) >= 11 is 0. The molecule has 0 amide bonds. The van der Waals surface area contributed by atoms with Crippen LogP contribution in [0.15, 0.2) is 0 Å². The van der Waals surface area contributed by atoms with Gasteiger partial charge < -0.3 is 5.32 Å². The molecule has 1 rings (SSSR count). The van der Waals surface area contributed by atoms with Gasteiger partial charge in [0.25, 0.3) is 0 Å². The first-order valence-corrected chi connectivity index (χ1v) is 6.28. The molecule has 1 unspecified atom stereocenters. The van der Waals surface area contributed by atoms with E-state index in [-0.39, 0.29) is 0 Å². The smallest absolute Gasteiger partial charge is 0.147 e. The third-order valence-electron chi connectivity index (χ3n) is 2.87. The second-order valence-electron chi connectivity index (χ2n) is 4.23. The Morgan fingerprint density at radius 3 is 2.56 bits per heavy atom. The van der Waals surface area contributed by atoms with Crippen molar-refractivity contribution in [2.24, 2.45) is 0 Å². The van der Waals surface area contributed by atoms with Gasteiger partial charge in [-0.1, -0.05) is 13.8 Å². The molecular weight excluding hydrogens is 200 g/mol. The van der Waals surface area contributed by atoms with Gasteiger partial charge in [-0.25, -0.2) is 4.98 Å². The fourth-order valence-electron chi connectivity index (χ4n) is 2.00. The van der Waals surface area contributed by atoms with Gasteiger partial charge in [-0.2, -0.15) is 5.10 Å². The number of aryl methyl sites for hydroxylation is 3. The number of hydrogen-bond donors (Lipinski definition) is 1. The first kappa shape index (κ1) is 13.2. The second kappa shape index (κ2) is 6.63. The van der Waals surface area contributed by atoms with E-state index in [0.717, 1.165) is 31.2 Å². The van der Waals surface area contributed by atoms with Crippen LogP contribution in [-0.4, -0.2) is 27.4 Å². The van der Waals surface area contributed by atoms with Crippen molar-refractivity contribution >= 4 is 0 Å². The summed E-state index contributed by atoms with van der Waals surface area (Å²) < 4.78 is 2.01. The molecule has 0 spiro atoms. The van der Waals surface area contributed by atoms with Crippen LogP contribution in [0, 0.1) is 13.8 Å². The Balaban J connectivity index is 2.32. The molecule has 92 valence electrons. The standard InChI is InChI=1S/C12H24N4/c1-5-12(13-6-2)8-7-9-16-11(4)14-10(3)15-16/h12-13H,5-9H2,1-4H3. The van der Waals surface area contributed by atoms with Crippen LogP contribution < -0.4 is 5.32 Å². The van der Waals surface area contributed by atoms with E-state index in [9.17, 15) is 0 Å². The van der Waals surface area contributed by atoms with Gasteiger partial charge >= 0.3 is 0 Å². The fourth-order valence-corrected chi connectivity index (χ4v) is 2.00. The van der Waals surface area contributed by atoms with E-state index in [4.69, 9.17) is 0 Å². The largest absolute Gasteiger partial charge is 0.314 e. The summed E-state index contributed by atoms with van der Waals surface area (Å²) in [4.78, 5) is 4.30. The SMILES string of the molecule is CCNC(CC)CCCn1nc(C)nc1C. The van der Waals surface area contributed by atoms with E-state index in [0.29, 0.717) is 6.04 Å². The Morgan fingerprint density at radius 2 is 2.06 bits per heavy atom. The van der Waals surface area contributed by atoms with Gasteiger partial charge in [0.2, 0.25) is 0 Å². The van der Waals surface area contributed by atoms with Gasteiger partial charge in [0.15, 0.2) is 0 Å². The average Bonchev–Trinajstić information content (AvgIpc) is 2.56. The lowest BCUT2D eigenvalue weighted by Crippen LogP contribution is -2.28. The molecule has 0 saturated carbocycles. The maximum atomic E-state index is 4.36. The lowest BCUT2D eigenvalue weighted by molar-refractivity contribution is 0.436. The molecule has 16 heavy (non-hydrogen) atoms. The first-order chi connectivity index (χ1) is 7.67. The molecule has 1 aromatic heterocycles. The van der Waals surface area contributed by atoms with Crippen molar-refractivity contribution < 1.29 is 0 Å². The third kappa shape index (κ3) is 3.93. The van der Waals surface area contributed by atoms with Crippen molar-refractivity contribution in [2.45, 2.75) is 59.5 Å². The van der Waals surface area contributed by atoms with Gasteiger partial charge in [0, 0.05) is 12.6 Å². The van der Waals surface area contributed by atoms with Crippen molar-refractivity contribution in [2.75, 3.05) is 6.54 Å². The van der Waals surface area contributed by atoms with Crippen molar-refractivity contribution in [3.8, 4) is 0 Å². The Bertz CT molecular complexity index is 306. The van der Waals surface area contributed by atoms with Crippen LogP contribution in [0.1, 0.15) is 44.8 Å². The number of hydrogen-bond acceptors (Lipinski definition) is 3. The highest BCUT2D eigenvalue weighted by Gasteiger charge is 2.06. The molecule has 1 atom stereocenters. The van der Waals surface area contributed by atoms with E-state index >= 15 is 0 Å². The van der Waals surface area contributed by atoms with Gasteiger partial charge in [0.1, 0.15) is 11.6 Å². The van der Waals surface area contributed by atoms with Crippen LogP contribution in [-0.2, 0) is 6.54 Å². The molecule has 0 aliphatic rings. The predicted molar refractivity (Wildman–Crippen MR) is 66.5 cm³/mol. The molecule has 0 bridgehead atoms. The molecule has 1 heterocycles. The minimum Gasteiger partial charge on any atom is -0.314 e. The van der Waals surface area contributed by atoms with Gasteiger partial charge in [0.05, 0.1) is 0 Å². The second-order valence-corrected chi connectivity index (χ2v) is 4.23. The summed E-state index contributed by atoms with van der Waals surface area (Å²) in [6.45, 7) is 10.4. The van der Waals surface area contributed by atoms with Crippen LogP contribution in [0.3, 0.4) is 0 Å². The normalized spacial score (nSPS) is 13.0. The maximum absolute atomic E-state index is 4.36. The van der Waals surface area contributed by atoms with E-state index in [1.165, 1.54) is 12.8 Å². The lowest BCUT2D eigenvalue weighted by atomic mass is 10.1. The highest BCUT2D eigenvalue weighted by molar-refractivity contribution is 4.87. The third-order valence-corrected chi connectivity index (χ3v) is 2.87. The summed E-state index contributed by atoms with van der Waals surface area (Å²) in [7, 11) is 0. The predicted octanol–water partition coefficient (Wildman–Crippen LogP) is 2.06. The Morgan fingerprint density at radius 1 is 1.31 bits per heavy atom. The summed E-state index contributed by atoms with van der Waals surface area (Å²) in [5, 5.41) is 7.86. The minimum absolute atomic E-state index is 0.648. The van der Waals surface area contributed by atoms with Crippen molar-refractivity contribution in [3.63, 3.8) is 0 Å². The van der Waals surface area contributed by atoms with Crippen molar-refractivity contribution in [1.82, 2.24) is 20.1 Å². The van der Waals surface area contributed by atoms with E-state index in [1.807, 2.05) is 18.5 Å². The van der Waals surface area contributed by atoms with Crippen LogP contribution in [0.2, 0.25) is 0 Å². The summed E-state index contributed by atoms with van der Waals surface area (Å²) in [6, 6.07) is 0.648. The molecule has 0 aliphatic carbocycles. The molecule has 0 aromatic carbocycles. The highest BCUT2D eigenvalue weighted by Crippen LogP contribution is 2.05. The Labute approximate surface area is 98.5 Å². The van der Waals surface area contributed by atoms with Crippen LogP contribution in [0.5, 0.6) is 0 Å². The van der Waals surface area contributed by atoms with Gasteiger partial charge in [-0.05, 0) is 39.7 Å². The zero-order chi connectivity index (χ0) is 12.0. The first-order valence-electron chi connectivity index (χ1n) is 6.28. The zero-order valence-corrected chi connectivity index (χ0v) is 11.0. The molecule has 0 fully saturated rings. The Hall–Kier alpha value is -0.900. The molecule has 1 aromatic rings. The van der Waals surface area contributed by atoms with Gasteiger partial charge in [-0.15, -0.1) is 0 Å². The van der Waals surface area contributed by atoms with Crippen LogP contribution in [0.4, 0.5) is 0 Å². The van der Waals surface area contributed by atoms with Gasteiger partial charge in [-0.3, -0.25) is 4.68 Å². The topological polar surface area (TPSA) is 42.7 Å². The molecule has 0 aliphatic heterocycles. The molecular formula is C12H24N4. The summed E-state index contributed by atoms with van der Waals surface area (Å²) in [5.74, 6) is 1.89. The summed E-state index contributed by atoms with van der Waals surface area (Å²) in [6.07, 6.45) is 3.57. The summed E-state index contributed by atoms with van der Waals surface area (Å²) in [5.41, 5.74) is 0. The van der Waals surface area contributed by atoms with Crippen molar-refractivity contribution in [1.29, 1.82) is 0 Å². The highest BCUT2D eigenvalue weighted by atomic mass is 15.3. The van der Waals surface area contributed by atoms with Crippen molar-refractivity contribution in [3.05, 3.63) is 11.6 Å². The van der Waals surface area contributed by atoms with Crippen LogP contribution >= 0.6 is 0 Å². The van der Waals surface area contributed by atoms with E-state index < -0.39 is 0 Å². The quantitative estimate of drug-likeness (QED) is 0.771. The molecule has 4 nitrogen and oxygen atoms in total. The zero-order valence-electron chi connectivity index (χ0n) is 11.0. The van der Waals surface area contributed by atoms with E-state index in [1.54, 1.807) is 0 Å². The number of rotatable bonds is 7. The number of aromatic nitrogens is 3. The molecule has 0 saturated heterocycles. The monoisotopic (exact) mass is 224 g/mol. The lowest BCUT2D eigenvalue weighted by Gasteiger charge is -2.15. The number of nitrogens with zero attached hydrogens (tertiary/aromatic N) is 3. The average molecular weight is 224 g/mol. The van der Waals surface area contributed by atoms with E-state index in [2.05, 4.69) is 29.2 Å².